The minimum absolute atomic E-state index is 0.115. The highest BCUT2D eigenvalue weighted by atomic mass is 16.5. The Bertz CT molecular complexity index is 1080. The van der Waals surface area contributed by atoms with Crippen LogP contribution in [-0.2, 0) is 17.6 Å². The van der Waals surface area contributed by atoms with Gasteiger partial charge in [0.05, 0.1) is 23.8 Å². The summed E-state index contributed by atoms with van der Waals surface area (Å²) in [5, 5.41) is 1.19. The van der Waals surface area contributed by atoms with Crippen LogP contribution >= 0.6 is 0 Å². The molecule has 3 aromatic rings. The third-order valence-electron chi connectivity index (χ3n) is 5.51. The molecule has 1 amide bonds. The number of fused-ring (bicyclic) bond motifs is 2. The summed E-state index contributed by atoms with van der Waals surface area (Å²) in [4.78, 5) is 16.9. The second kappa shape index (κ2) is 7.97. The van der Waals surface area contributed by atoms with E-state index in [9.17, 15) is 4.79 Å². The van der Waals surface area contributed by atoms with E-state index in [1.54, 1.807) is 6.07 Å². The Labute approximate surface area is 169 Å². The highest BCUT2D eigenvalue weighted by Crippen LogP contribution is 2.39. The van der Waals surface area contributed by atoms with Crippen molar-refractivity contribution in [1.82, 2.24) is 9.88 Å². The molecule has 0 bridgehead atoms. The molecule has 0 radical (unpaired) electrons. The molecule has 146 valence electrons. The number of nitrogens with one attached hydrogen (secondary N) is 1. The maximum Gasteiger partial charge on any atom is 0.210 e. The van der Waals surface area contributed by atoms with E-state index >= 15 is 0 Å². The Balaban J connectivity index is 1.66. The lowest BCUT2D eigenvalue weighted by Gasteiger charge is -2.35. The van der Waals surface area contributed by atoms with Crippen molar-refractivity contribution in [3.05, 3.63) is 59.3 Å². The molecule has 0 fully saturated rings. The van der Waals surface area contributed by atoms with Crippen LogP contribution in [0.5, 0.6) is 11.5 Å². The second-order valence-electron chi connectivity index (χ2n) is 7.04. The summed E-state index contributed by atoms with van der Waals surface area (Å²) in [5.41, 5.74) is 4.28. The van der Waals surface area contributed by atoms with Crippen LogP contribution in [-0.4, -0.2) is 36.5 Å². The molecule has 4 rings (SSSR count). The van der Waals surface area contributed by atoms with Gasteiger partial charge in [0, 0.05) is 23.6 Å². The van der Waals surface area contributed by atoms with E-state index < -0.39 is 7.04 Å². The molecule has 1 aromatic heterocycles. The summed E-state index contributed by atoms with van der Waals surface area (Å²) in [6.07, 6.45) is 5.12. The molecule has 2 heterocycles. The van der Waals surface area contributed by atoms with Gasteiger partial charge in [0.15, 0.2) is 11.5 Å². The first-order valence-corrected chi connectivity index (χ1v) is 9.64. The SMILES string of the molecule is [2H]C([2H])([2H])Oc1cc2c(cc1OCC)[C@@H](CCc1c[nH]c3ccccc13)N(C=O)CC2. The Hall–Kier alpha value is -2.95. The van der Waals surface area contributed by atoms with Crippen molar-refractivity contribution in [1.29, 1.82) is 0 Å². The van der Waals surface area contributed by atoms with Crippen LogP contribution in [0.4, 0.5) is 0 Å². The van der Waals surface area contributed by atoms with Gasteiger partial charge in [-0.15, -0.1) is 0 Å². The van der Waals surface area contributed by atoms with E-state index in [-0.39, 0.29) is 11.8 Å². The van der Waals surface area contributed by atoms with E-state index in [0.717, 1.165) is 35.9 Å². The van der Waals surface area contributed by atoms with Crippen molar-refractivity contribution >= 4 is 17.3 Å². The molecule has 0 unspecified atom stereocenters. The lowest BCUT2D eigenvalue weighted by molar-refractivity contribution is -0.120. The van der Waals surface area contributed by atoms with Crippen LogP contribution in [0.25, 0.3) is 10.9 Å². The monoisotopic (exact) mass is 381 g/mol. The lowest BCUT2D eigenvalue weighted by Crippen LogP contribution is -2.34. The fraction of sp³-hybridized carbons (Fsp3) is 0.348. The summed E-state index contributed by atoms with van der Waals surface area (Å²) < 4.78 is 33.2. The number of nitrogens with zero attached hydrogens (tertiary/aromatic N) is 1. The van der Waals surface area contributed by atoms with Crippen LogP contribution in [0.2, 0.25) is 0 Å². The van der Waals surface area contributed by atoms with Crippen LogP contribution in [0.3, 0.4) is 0 Å². The summed E-state index contributed by atoms with van der Waals surface area (Å²) in [6, 6.07) is 11.7. The quantitative estimate of drug-likeness (QED) is 0.622. The number of aromatic amines is 1. The molecular formula is C23H26N2O3. The van der Waals surface area contributed by atoms with E-state index in [2.05, 4.69) is 11.1 Å². The number of ether oxygens (including phenoxy) is 2. The molecule has 5 heteroatoms. The maximum atomic E-state index is 11.8. The van der Waals surface area contributed by atoms with Crippen LogP contribution in [0.1, 0.15) is 40.2 Å². The van der Waals surface area contributed by atoms with Gasteiger partial charge in [0.1, 0.15) is 0 Å². The molecule has 2 aromatic carbocycles. The molecule has 0 aliphatic carbocycles. The predicted molar refractivity (Wildman–Crippen MR) is 110 cm³/mol. The largest absolute Gasteiger partial charge is 0.493 e. The number of hydrogen-bond acceptors (Lipinski definition) is 3. The molecule has 28 heavy (non-hydrogen) atoms. The Morgan fingerprint density at radius 3 is 3.04 bits per heavy atom. The standard InChI is InChI=1S/C23H26N2O3/c1-3-28-23-13-19-16(12-22(23)27-2)10-11-25(15-26)21(19)9-8-17-14-24-20-7-5-4-6-18(17)20/h4-7,12-15,21,24H,3,8-11H2,1-2H3/t21-/m1/s1/i2D3. The van der Waals surface area contributed by atoms with E-state index in [0.29, 0.717) is 25.3 Å². The molecule has 1 atom stereocenters. The molecule has 0 saturated heterocycles. The first-order valence-electron chi connectivity index (χ1n) is 11.1. The van der Waals surface area contributed by atoms with Gasteiger partial charge in [-0.25, -0.2) is 0 Å². The third kappa shape index (κ3) is 3.33. The number of rotatable bonds is 7. The number of hydrogen-bond donors (Lipinski definition) is 1. The average Bonchev–Trinajstić information content (AvgIpc) is 3.14. The van der Waals surface area contributed by atoms with Gasteiger partial charge in [-0.3, -0.25) is 4.79 Å². The number of aryl methyl sites for hydroxylation is 1. The smallest absolute Gasteiger partial charge is 0.210 e. The number of benzene rings is 2. The van der Waals surface area contributed by atoms with Gasteiger partial charge in [0.25, 0.3) is 0 Å². The van der Waals surface area contributed by atoms with Gasteiger partial charge >= 0.3 is 0 Å². The van der Waals surface area contributed by atoms with Crippen molar-refractivity contribution < 1.29 is 18.4 Å². The number of carbonyl (C=O) groups excluding carboxylic acids is 1. The van der Waals surface area contributed by atoms with Crippen LogP contribution in [0.15, 0.2) is 42.6 Å². The minimum Gasteiger partial charge on any atom is -0.493 e. The highest BCUT2D eigenvalue weighted by molar-refractivity contribution is 5.83. The highest BCUT2D eigenvalue weighted by Gasteiger charge is 2.28. The van der Waals surface area contributed by atoms with Gasteiger partial charge in [-0.2, -0.15) is 0 Å². The van der Waals surface area contributed by atoms with Crippen molar-refractivity contribution in [2.75, 3.05) is 20.2 Å². The van der Waals surface area contributed by atoms with E-state index in [4.69, 9.17) is 13.6 Å². The van der Waals surface area contributed by atoms with Crippen LogP contribution in [0, 0.1) is 0 Å². The number of methoxy groups -OCH3 is 1. The summed E-state index contributed by atoms with van der Waals surface area (Å²) in [5.74, 6) is 0.609. The van der Waals surface area contributed by atoms with Crippen molar-refractivity contribution in [2.45, 2.75) is 32.2 Å². The first-order chi connectivity index (χ1) is 14.9. The average molecular weight is 381 g/mol. The predicted octanol–water partition coefficient (Wildman–Crippen LogP) is 4.26. The third-order valence-corrected chi connectivity index (χ3v) is 5.51. The van der Waals surface area contributed by atoms with Crippen molar-refractivity contribution in [3.8, 4) is 11.5 Å². The molecular weight excluding hydrogens is 352 g/mol. The molecule has 0 spiro atoms. The minimum atomic E-state index is -2.56. The number of aromatic nitrogens is 1. The zero-order chi connectivity index (χ0) is 22.0. The van der Waals surface area contributed by atoms with Gasteiger partial charge in [-0.1, -0.05) is 18.2 Å². The molecule has 1 aliphatic heterocycles. The van der Waals surface area contributed by atoms with Crippen molar-refractivity contribution in [3.63, 3.8) is 0 Å². The van der Waals surface area contributed by atoms with Crippen LogP contribution < -0.4 is 9.47 Å². The van der Waals surface area contributed by atoms with Gasteiger partial charge in [-0.05, 0) is 61.1 Å². The molecule has 5 nitrogen and oxygen atoms in total. The van der Waals surface area contributed by atoms with E-state index in [1.165, 1.54) is 10.9 Å². The Morgan fingerprint density at radius 2 is 2.21 bits per heavy atom. The molecule has 0 saturated carbocycles. The summed E-state index contributed by atoms with van der Waals surface area (Å²) in [7, 11) is -2.56. The zero-order valence-corrected chi connectivity index (χ0v) is 15.9. The summed E-state index contributed by atoms with van der Waals surface area (Å²) in [6.45, 7) is 2.80. The fourth-order valence-corrected chi connectivity index (χ4v) is 4.15. The number of amides is 1. The Morgan fingerprint density at radius 1 is 1.32 bits per heavy atom. The number of H-pyrrole nitrogens is 1. The second-order valence-corrected chi connectivity index (χ2v) is 7.04. The number of para-hydroxylation sites is 1. The molecule has 1 N–H and O–H groups in total. The topological polar surface area (TPSA) is 54.6 Å². The number of carbonyl (C=O) groups is 1. The zero-order valence-electron chi connectivity index (χ0n) is 18.9. The van der Waals surface area contributed by atoms with E-state index in [1.807, 2.05) is 42.3 Å². The van der Waals surface area contributed by atoms with Gasteiger partial charge < -0.3 is 19.4 Å². The van der Waals surface area contributed by atoms with Gasteiger partial charge in [0.2, 0.25) is 6.41 Å². The molecule has 1 aliphatic rings. The fourth-order valence-electron chi connectivity index (χ4n) is 4.15. The first kappa shape index (κ1) is 15.0. The van der Waals surface area contributed by atoms with Crippen molar-refractivity contribution in [2.24, 2.45) is 0 Å². The normalized spacial score (nSPS) is 18.1. The lowest BCUT2D eigenvalue weighted by atomic mass is 9.88. The Kier molecular flexibility index (Phi) is 4.28. The maximum absolute atomic E-state index is 11.8. The summed E-state index contributed by atoms with van der Waals surface area (Å²) >= 11 is 0.